The van der Waals surface area contributed by atoms with E-state index in [2.05, 4.69) is 9.89 Å². The van der Waals surface area contributed by atoms with Crippen molar-refractivity contribution in [1.82, 2.24) is 5.16 Å². The monoisotopic (exact) mass is 350 g/mol. The summed E-state index contributed by atoms with van der Waals surface area (Å²) in [6, 6.07) is 10.8. The van der Waals surface area contributed by atoms with Crippen molar-refractivity contribution in [2.75, 3.05) is 6.61 Å². The minimum atomic E-state index is -4.72. The molecular formula is C17H13F3N2O3. The molecule has 0 unspecified atom stereocenters. The van der Waals surface area contributed by atoms with Gasteiger partial charge in [0.2, 0.25) is 0 Å². The molecule has 1 heterocycles. The van der Waals surface area contributed by atoms with Gasteiger partial charge < -0.3 is 19.4 Å². The Morgan fingerprint density at radius 2 is 1.80 bits per heavy atom. The number of hydrogen-bond donors (Lipinski definition) is 1. The second kappa shape index (κ2) is 6.46. The van der Waals surface area contributed by atoms with Crippen LogP contribution in [0.1, 0.15) is 6.92 Å². The number of aromatic nitrogens is 1. The zero-order valence-electron chi connectivity index (χ0n) is 13.1. The molecule has 0 saturated carbocycles. The number of benzene rings is 2. The Morgan fingerprint density at radius 3 is 2.44 bits per heavy atom. The maximum absolute atomic E-state index is 12.2. The summed E-state index contributed by atoms with van der Waals surface area (Å²) in [5.74, 6) is -0.0201. The smallest absolute Gasteiger partial charge is 0.469 e. The van der Waals surface area contributed by atoms with Gasteiger partial charge in [0.15, 0.2) is 5.58 Å². The Bertz CT molecular complexity index is 902. The van der Waals surface area contributed by atoms with Crippen molar-refractivity contribution in [2.45, 2.75) is 13.3 Å². The van der Waals surface area contributed by atoms with Crippen LogP contribution in [0.2, 0.25) is 0 Å². The summed E-state index contributed by atoms with van der Waals surface area (Å²) < 4.78 is 51.1. The fraction of sp³-hybridized carbons (Fsp3) is 0.176. The fourth-order valence-electron chi connectivity index (χ4n) is 2.23. The highest BCUT2D eigenvalue weighted by Crippen LogP contribution is 2.31. The molecule has 8 heteroatoms. The lowest BCUT2D eigenvalue weighted by atomic mass is 10.0. The van der Waals surface area contributed by atoms with Gasteiger partial charge in [0, 0.05) is 5.71 Å². The number of alkyl halides is 3. The molecule has 0 aliphatic carbocycles. The number of nitrogens with zero attached hydrogens (tertiary/aromatic N) is 1. The van der Waals surface area contributed by atoms with Crippen molar-refractivity contribution < 1.29 is 27.2 Å². The number of halogens is 3. The Hall–Kier alpha value is -3.03. The van der Waals surface area contributed by atoms with E-state index >= 15 is 0 Å². The van der Waals surface area contributed by atoms with Crippen LogP contribution in [0.5, 0.6) is 11.6 Å². The van der Waals surface area contributed by atoms with E-state index in [0.717, 1.165) is 5.56 Å². The molecule has 0 bridgehead atoms. The molecule has 130 valence electrons. The van der Waals surface area contributed by atoms with Crippen LogP contribution in [0.25, 0.3) is 22.1 Å². The van der Waals surface area contributed by atoms with Gasteiger partial charge in [-0.15, -0.1) is 13.2 Å². The standard InChI is InChI=1S/C17H13F3N2O3/c1-10(21)9-23-16-14-8-12(4-7-15(14)25-22-16)11-2-5-13(6-3-11)24-17(18,19)20/h2-8,21H,9H2,1H3. The van der Waals surface area contributed by atoms with Gasteiger partial charge in [0.25, 0.3) is 5.88 Å². The molecule has 3 rings (SSSR count). The topological polar surface area (TPSA) is 68.3 Å². The van der Waals surface area contributed by atoms with E-state index in [1.165, 1.54) is 24.3 Å². The van der Waals surface area contributed by atoms with Gasteiger partial charge in [0.1, 0.15) is 12.4 Å². The zero-order chi connectivity index (χ0) is 18.0. The Kier molecular flexibility index (Phi) is 4.35. The first-order valence-corrected chi connectivity index (χ1v) is 7.24. The lowest BCUT2D eigenvalue weighted by Gasteiger charge is -2.09. The first-order chi connectivity index (χ1) is 11.8. The van der Waals surface area contributed by atoms with Crippen LogP contribution in [0.15, 0.2) is 47.0 Å². The Balaban J connectivity index is 1.88. The van der Waals surface area contributed by atoms with Crippen molar-refractivity contribution in [3.05, 3.63) is 42.5 Å². The van der Waals surface area contributed by atoms with Crippen LogP contribution in [0.4, 0.5) is 13.2 Å². The molecule has 0 aliphatic heterocycles. The van der Waals surface area contributed by atoms with Crippen molar-refractivity contribution in [3.63, 3.8) is 0 Å². The number of rotatable bonds is 5. The van der Waals surface area contributed by atoms with Crippen LogP contribution in [0.3, 0.4) is 0 Å². The van der Waals surface area contributed by atoms with E-state index in [-0.39, 0.29) is 18.2 Å². The molecule has 0 amide bonds. The molecule has 0 aliphatic rings. The van der Waals surface area contributed by atoms with Crippen LogP contribution < -0.4 is 9.47 Å². The van der Waals surface area contributed by atoms with E-state index in [4.69, 9.17) is 14.7 Å². The predicted octanol–water partition coefficient (Wildman–Crippen LogP) is 4.81. The molecule has 0 atom stereocenters. The SMILES string of the molecule is CC(=N)COc1noc2ccc(-c3ccc(OC(F)(F)F)cc3)cc12. The maximum Gasteiger partial charge on any atom is 0.573 e. The summed E-state index contributed by atoms with van der Waals surface area (Å²) in [5.41, 5.74) is 2.31. The quantitative estimate of drug-likeness (QED) is 0.671. The highest BCUT2D eigenvalue weighted by Gasteiger charge is 2.30. The number of hydrogen-bond acceptors (Lipinski definition) is 5. The first kappa shape index (κ1) is 16.8. The molecule has 25 heavy (non-hydrogen) atoms. The highest BCUT2D eigenvalue weighted by atomic mass is 19.4. The third-order valence-electron chi connectivity index (χ3n) is 3.28. The van der Waals surface area contributed by atoms with Crippen molar-refractivity contribution in [3.8, 4) is 22.8 Å². The van der Waals surface area contributed by atoms with Crippen molar-refractivity contribution in [1.29, 1.82) is 5.41 Å². The summed E-state index contributed by atoms with van der Waals surface area (Å²) in [6.45, 7) is 1.70. The van der Waals surface area contributed by atoms with Crippen LogP contribution in [0, 0.1) is 5.41 Å². The van der Waals surface area contributed by atoms with E-state index in [1.807, 2.05) is 0 Å². The normalized spacial score (nSPS) is 11.5. The maximum atomic E-state index is 12.2. The predicted molar refractivity (Wildman–Crippen MR) is 85.0 cm³/mol. The van der Waals surface area contributed by atoms with Crippen molar-refractivity contribution in [2.24, 2.45) is 0 Å². The second-order valence-corrected chi connectivity index (χ2v) is 5.34. The lowest BCUT2D eigenvalue weighted by Crippen LogP contribution is -2.16. The van der Waals surface area contributed by atoms with E-state index in [0.29, 0.717) is 22.2 Å². The minimum Gasteiger partial charge on any atom is -0.469 e. The Morgan fingerprint density at radius 1 is 1.12 bits per heavy atom. The second-order valence-electron chi connectivity index (χ2n) is 5.34. The molecular weight excluding hydrogens is 337 g/mol. The minimum absolute atomic E-state index is 0.0926. The lowest BCUT2D eigenvalue weighted by molar-refractivity contribution is -0.274. The van der Waals surface area contributed by atoms with Crippen LogP contribution >= 0.6 is 0 Å². The van der Waals surface area contributed by atoms with Crippen LogP contribution in [-0.4, -0.2) is 23.8 Å². The molecule has 1 N–H and O–H groups in total. The summed E-state index contributed by atoms with van der Waals surface area (Å²) in [6.07, 6.45) is -4.72. The van der Waals surface area contributed by atoms with E-state index in [1.54, 1.807) is 25.1 Å². The van der Waals surface area contributed by atoms with Gasteiger partial charge in [-0.25, -0.2) is 0 Å². The number of fused-ring (bicyclic) bond motifs is 1. The average molecular weight is 350 g/mol. The molecule has 0 saturated heterocycles. The summed E-state index contributed by atoms with van der Waals surface area (Å²) in [7, 11) is 0. The van der Waals surface area contributed by atoms with Gasteiger partial charge in [-0.2, -0.15) is 0 Å². The van der Waals surface area contributed by atoms with Gasteiger partial charge in [0.05, 0.1) is 5.39 Å². The molecule has 0 spiro atoms. The highest BCUT2D eigenvalue weighted by molar-refractivity contribution is 5.88. The zero-order valence-corrected chi connectivity index (χ0v) is 13.1. The number of nitrogens with one attached hydrogen (secondary N) is 1. The van der Waals surface area contributed by atoms with Gasteiger partial charge in [-0.1, -0.05) is 18.2 Å². The molecule has 1 aromatic heterocycles. The summed E-state index contributed by atoms with van der Waals surface area (Å²) >= 11 is 0. The van der Waals surface area contributed by atoms with E-state index < -0.39 is 6.36 Å². The number of ether oxygens (including phenoxy) is 2. The molecule has 3 aromatic rings. The molecule has 0 radical (unpaired) electrons. The average Bonchev–Trinajstić information content (AvgIpc) is 2.94. The van der Waals surface area contributed by atoms with Gasteiger partial charge in [-0.05, 0) is 47.5 Å². The van der Waals surface area contributed by atoms with Crippen LogP contribution in [-0.2, 0) is 0 Å². The first-order valence-electron chi connectivity index (χ1n) is 7.24. The van der Waals surface area contributed by atoms with Gasteiger partial charge in [-0.3, -0.25) is 0 Å². The third-order valence-corrected chi connectivity index (χ3v) is 3.28. The summed E-state index contributed by atoms with van der Waals surface area (Å²) in [4.78, 5) is 0. The van der Waals surface area contributed by atoms with Crippen molar-refractivity contribution >= 4 is 16.7 Å². The largest absolute Gasteiger partial charge is 0.573 e. The molecule has 2 aromatic carbocycles. The molecule has 5 nitrogen and oxygen atoms in total. The third kappa shape index (κ3) is 4.09. The Labute approximate surface area is 140 Å². The summed E-state index contributed by atoms with van der Waals surface area (Å²) in [5, 5.41) is 11.8. The fourth-order valence-corrected chi connectivity index (χ4v) is 2.23. The molecule has 0 fully saturated rings. The van der Waals surface area contributed by atoms with Gasteiger partial charge >= 0.3 is 6.36 Å². The van der Waals surface area contributed by atoms with E-state index in [9.17, 15) is 13.2 Å².